The number of ether oxygens (including phenoxy) is 2. The summed E-state index contributed by atoms with van der Waals surface area (Å²) in [7, 11) is 1.55. The second-order valence-electron chi connectivity index (χ2n) is 5.52. The van der Waals surface area contributed by atoms with Gasteiger partial charge in [0.05, 0.1) is 17.6 Å². The summed E-state index contributed by atoms with van der Waals surface area (Å²) < 4.78 is 10.9. The van der Waals surface area contributed by atoms with Crippen molar-refractivity contribution in [3.05, 3.63) is 63.1 Å². The van der Waals surface area contributed by atoms with E-state index in [4.69, 9.17) is 9.47 Å². The molecular formula is C18H16N4O5S. The van der Waals surface area contributed by atoms with Crippen LogP contribution < -0.4 is 14.8 Å². The van der Waals surface area contributed by atoms with Gasteiger partial charge in [0.15, 0.2) is 0 Å². The molecule has 1 N–H and O–H groups in total. The molecule has 0 fully saturated rings. The summed E-state index contributed by atoms with van der Waals surface area (Å²) in [6, 6.07) is 10.6. The number of aromatic nitrogens is 2. The molecule has 9 nitrogen and oxygen atoms in total. The smallest absolute Gasteiger partial charge is 0.270 e. The van der Waals surface area contributed by atoms with Gasteiger partial charge in [0.25, 0.3) is 11.6 Å². The number of non-ortho nitro benzene ring substituents is 1. The minimum atomic E-state index is -0.578. The van der Waals surface area contributed by atoms with E-state index in [9.17, 15) is 14.9 Å². The number of nitrogens with one attached hydrogen (secondary N) is 1. The molecule has 10 heteroatoms. The molecule has 2 aromatic carbocycles. The van der Waals surface area contributed by atoms with Gasteiger partial charge in [-0.15, -0.1) is 10.2 Å². The van der Waals surface area contributed by atoms with Crippen LogP contribution in [0.15, 0.2) is 42.5 Å². The highest BCUT2D eigenvalue weighted by molar-refractivity contribution is 7.15. The van der Waals surface area contributed by atoms with Crippen LogP contribution in [0, 0.1) is 10.1 Å². The van der Waals surface area contributed by atoms with Gasteiger partial charge in [-0.25, -0.2) is 0 Å². The predicted molar refractivity (Wildman–Crippen MR) is 103 cm³/mol. The highest BCUT2D eigenvalue weighted by atomic mass is 32.1. The number of anilines is 1. The van der Waals surface area contributed by atoms with Gasteiger partial charge in [-0.2, -0.15) is 0 Å². The minimum Gasteiger partial charge on any atom is -0.497 e. The molecule has 0 aliphatic rings. The Morgan fingerprint density at radius 1 is 1.18 bits per heavy atom. The topological polar surface area (TPSA) is 116 Å². The second kappa shape index (κ2) is 8.44. The molecule has 0 spiro atoms. The lowest BCUT2D eigenvalue weighted by atomic mass is 10.1. The molecule has 3 rings (SSSR count). The molecule has 0 atom stereocenters. The molecular weight excluding hydrogens is 384 g/mol. The standard InChI is InChI=1S/C18H16N4O5S/c1-3-16-20-21-18(28-16)19-17(23)14-10-11(22(24)25)4-9-15(14)27-13-7-5-12(26-2)6-8-13/h4-10H,3H2,1-2H3,(H,19,21,23). The summed E-state index contributed by atoms with van der Waals surface area (Å²) in [4.78, 5) is 23.2. The molecule has 0 aliphatic heterocycles. The second-order valence-corrected chi connectivity index (χ2v) is 6.59. The number of nitro groups is 1. The Hall–Kier alpha value is -3.53. The van der Waals surface area contributed by atoms with Crippen LogP contribution in [-0.4, -0.2) is 28.1 Å². The Morgan fingerprint density at radius 2 is 1.89 bits per heavy atom. The van der Waals surface area contributed by atoms with E-state index in [0.717, 1.165) is 11.1 Å². The van der Waals surface area contributed by atoms with Crippen molar-refractivity contribution in [3.8, 4) is 17.2 Å². The van der Waals surface area contributed by atoms with Crippen LogP contribution >= 0.6 is 11.3 Å². The Morgan fingerprint density at radius 3 is 2.50 bits per heavy atom. The quantitative estimate of drug-likeness (QED) is 0.469. The Balaban J connectivity index is 1.90. The highest BCUT2D eigenvalue weighted by Gasteiger charge is 2.20. The maximum absolute atomic E-state index is 12.7. The summed E-state index contributed by atoms with van der Waals surface area (Å²) in [6.45, 7) is 1.92. The van der Waals surface area contributed by atoms with Crippen LogP contribution in [0.2, 0.25) is 0 Å². The minimum absolute atomic E-state index is 0.0123. The maximum atomic E-state index is 12.7. The number of nitrogens with zero attached hydrogens (tertiary/aromatic N) is 3. The van der Waals surface area contributed by atoms with Gasteiger partial charge in [0, 0.05) is 12.1 Å². The molecule has 0 saturated heterocycles. The molecule has 0 saturated carbocycles. The number of carbonyl (C=O) groups excluding carboxylic acids is 1. The number of benzene rings is 2. The molecule has 144 valence electrons. The van der Waals surface area contributed by atoms with E-state index in [1.54, 1.807) is 31.4 Å². The fraction of sp³-hybridized carbons (Fsp3) is 0.167. The number of methoxy groups -OCH3 is 1. The lowest BCUT2D eigenvalue weighted by Crippen LogP contribution is -2.13. The first kappa shape index (κ1) is 19.2. The van der Waals surface area contributed by atoms with Gasteiger partial charge >= 0.3 is 0 Å². The SMILES string of the molecule is CCc1nnc(NC(=O)c2cc([N+](=O)[O-])ccc2Oc2ccc(OC)cc2)s1. The van der Waals surface area contributed by atoms with Crippen molar-refractivity contribution < 1.29 is 19.2 Å². The van der Waals surface area contributed by atoms with E-state index in [-0.39, 0.29) is 17.0 Å². The highest BCUT2D eigenvalue weighted by Crippen LogP contribution is 2.30. The van der Waals surface area contributed by atoms with Crippen molar-refractivity contribution in [2.45, 2.75) is 13.3 Å². The molecule has 1 amide bonds. The van der Waals surface area contributed by atoms with Gasteiger partial charge in [0.1, 0.15) is 22.3 Å². The summed E-state index contributed by atoms with van der Waals surface area (Å²) in [5.74, 6) is 0.699. The van der Waals surface area contributed by atoms with Crippen LogP contribution in [0.1, 0.15) is 22.3 Å². The van der Waals surface area contributed by atoms with E-state index in [2.05, 4.69) is 15.5 Å². The number of nitro benzene ring substituents is 1. The first-order valence-electron chi connectivity index (χ1n) is 8.24. The van der Waals surface area contributed by atoms with Crippen LogP contribution in [0.4, 0.5) is 10.8 Å². The van der Waals surface area contributed by atoms with Gasteiger partial charge < -0.3 is 9.47 Å². The zero-order valence-corrected chi connectivity index (χ0v) is 15.9. The van der Waals surface area contributed by atoms with E-state index in [1.807, 2.05) is 6.92 Å². The van der Waals surface area contributed by atoms with Crippen LogP contribution in [-0.2, 0) is 6.42 Å². The number of hydrogen-bond donors (Lipinski definition) is 1. The Bertz CT molecular complexity index is 1000. The predicted octanol–water partition coefficient (Wildman–Crippen LogP) is 4.06. The third-order valence-electron chi connectivity index (χ3n) is 3.70. The van der Waals surface area contributed by atoms with E-state index in [1.165, 1.54) is 23.5 Å². The fourth-order valence-corrected chi connectivity index (χ4v) is 2.95. The van der Waals surface area contributed by atoms with Gasteiger partial charge in [0.2, 0.25) is 5.13 Å². The number of carbonyl (C=O) groups is 1. The number of aryl methyl sites for hydroxylation is 1. The normalized spacial score (nSPS) is 10.4. The molecule has 1 aromatic heterocycles. The third kappa shape index (κ3) is 4.41. The maximum Gasteiger partial charge on any atom is 0.270 e. The Labute approximate surface area is 164 Å². The molecule has 0 aliphatic carbocycles. The molecule has 3 aromatic rings. The van der Waals surface area contributed by atoms with Crippen molar-refractivity contribution in [2.24, 2.45) is 0 Å². The molecule has 0 radical (unpaired) electrons. The summed E-state index contributed by atoms with van der Waals surface area (Å²) in [5.41, 5.74) is -0.211. The molecule has 28 heavy (non-hydrogen) atoms. The van der Waals surface area contributed by atoms with Crippen LogP contribution in [0.3, 0.4) is 0 Å². The number of hydrogen-bond acceptors (Lipinski definition) is 8. The monoisotopic (exact) mass is 400 g/mol. The average molecular weight is 400 g/mol. The van der Waals surface area contributed by atoms with E-state index in [0.29, 0.717) is 23.1 Å². The van der Waals surface area contributed by atoms with Crippen molar-refractivity contribution in [1.82, 2.24) is 10.2 Å². The van der Waals surface area contributed by atoms with Crippen molar-refractivity contribution in [2.75, 3.05) is 12.4 Å². The number of amides is 1. The lowest BCUT2D eigenvalue weighted by Gasteiger charge is -2.11. The number of rotatable bonds is 7. The summed E-state index contributed by atoms with van der Waals surface area (Å²) in [5, 5.41) is 22.6. The first-order chi connectivity index (χ1) is 13.5. The molecule has 0 unspecified atom stereocenters. The largest absolute Gasteiger partial charge is 0.497 e. The molecule has 1 heterocycles. The van der Waals surface area contributed by atoms with Crippen molar-refractivity contribution >= 4 is 28.1 Å². The van der Waals surface area contributed by atoms with E-state index < -0.39 is 10.8 Å². The Kier molecular flexibility index (Phi) is 5.80. The average Bonchev–Trinajstić information content (AvgIpc) is 3.16. The van der Waals surface area contributed by atoms with Gasteiger partial charge in [-0.3, -0.25) is 20.2 Å². The lowest BCUT2D eigenvalue weighted by molar-refractivity contribution is -0.384. The van der Waals surface area contributed by atoms with Crippen LogP contribution in [0.5, 0.6) is 17.2 Å². The first-order valence-corrected chi connectivity index (χ1v) is 9.06. The summed E-state index contributed by atoms with van der Waals surface area (Å²) >= 11 is 1.24. The fourth-order valence-electron chi connectivity index (χ4n) is 2.28. The zero-order chi connectivity index (χ0) is 20.1. The van der Waals surface area contributed by atoms with Crippen molar-refractivity contribution in [1.29, 1.82) is 0 Å². The zero-order valence-electron chi connectivity index (χ0n) is 15.0. The van der Waals surface area contributed by atoms with Gasteiger partial charge in [-0.05, 0) is 36.8 Å². The van der Waals surface area contributed by atoms with Gasteiger partial charge in [-0.1, -0.05) is 18.3 Å². The van der Waals surface area contributed by atoms with E-state index >= 15 is 0 Å². The summed E-state index contributed by atoms with van der Waals surface area (Å²) in [6.07, 6.45) is 0.691. The third-order valence-corrected chi connectivity index (χ3v) is 4.68. The van der Waals surface area contributed by atoms with Crippen molar-refractivity contribution in [3.63, 3.8) is 0 Å². The van der Waals surface area contributed by atoms with Crippen LogP contribution in [0.25, 0.3) is 0 Å². The molecule has 0 bridgehead atoms.